The van der Waals surface area contributed by atoms with Crippen molar-refractivity contribution in [3.05, 3.63) is 61.9 Å². The minimum absolute atomic E-state index is 0.260. The number of halogens is 2. The molecule has 2 saturated heterocycles. The highest BCUT2D eigenvalue weighted by Crippen LogP contribution is 2.41. The fourth-order valence-corrected chi connectivity index (χ4v) is 6.59. The molecule has 0 saturated carbocycles. The zero-order valence-electron chi connectivity index (χ0n) is 20.4. The Morgan fingerprint density at radius 1 is 1.28 bits per heavy atom. The molecule has 7 nitrogen and oxygen atoms in total. The third kappa shape index (κ3) is 5.41. The number of likely N-dealkylation sites (tertiary alicyclic amines) is 1. The average Bonchev–Trinajstić information content (AvgIpc) is 3.41. The van der Waals surface area contributed by atoms with Gasteiger partial charge in [-0.3, -0.25) is 9.89 Å². The monoisotopic (exact) mass is 575 g/mol. The molecule has 1 aromatic heterocycles. The Kier molecular flexibility index (Phi) is 7.85. The van der Waals surface area contributed by atoms with E-state index >= 15 is 0 Å². The number of nitrogens with one attached hydrogen (secondary N) is 2. The molecule has 4 heterocycles. The van der Waals surface area contributed by atoms with E-state index < -0.39 is 12.0 Å². The largest absolute Gasteiger partial charge is 0.463 e. The summed E-state index contributed by atoms with van der Waals surface area (Å²) in [5.41, 5.74) is 2.39. The Labute approximate surface area is 223 Å². The number of benzene rings is 1. The van der Waals surface area contributed by atoms with Crippen LogP contribution in [0.25, 0.3) is 0 Å². The first-order chi connectivity index (χ1) is 17.5. The number of amidine groups is 1. The zero-order valence-corrected chi connectivity index (χ0v) is 22.8. The number of carbonyl (C=O) groups is 1. The van der Waals surface area contributed by atoms with E-state index in [2.05, 4.69) is 36.4 Å². The van der Waals surface area contributed by atoms with E-state index in [0.717, 1.165) is 49.7 Å². The molecule has 1 unspecified atom stereocenters. The number of rotatable bonds is 6. The van der Waals surface area contributed by atoms with E-state index in [-0.39, 0.29) is 12.4 Å². The predicted molar refractivity (Wildman–Crippen MR) is 142 cm³/mol. The number of aromatic nitrogens is 1. The molecular weight excluding hydrogens is 545 g/mol. The lowest BCUT2D eigenvalue weighted by Gasteiger charge is -2.45. The topological polar surface area (TPSA) is 78.9 Å². The quantitative estimate of drug-likeness (QED) is 0.496. The van der Waals surface area contributed by atoms with E-state index in [9.17, 15) is 9.18 Å². The minimum Gasteiger partial charge on any atom is -0.463 e. The first-order valence-corrected chi connectivity index (χ1v) is 14.2. The van der Waals surface area contributed by atoms with Gasteiger partial charge in [-0.25, -0.2) is 14.2 Å². The highest BCUT2D eigenvalue weighted by molar-refractivity contribution is 9.10. The van der Waals surface area contributed by atoms with Crippen LogP contribution in [0.5, 0.6) is 0 Å². The molecule has 2 fully saturated rings. The third-order valence-corrected chi connectivity index (χ3v) is 8.94. The van der Waals surface area contributed by atoms with Gasteiger partial charge < -0.3 is 15.4 Å². The van der Waals surface area contributed by atoms with Gasteiger partial charge >= 0.3 is 5.97 Å². The van der Waals surface area contributed by atoms with Gasteiger partial charge in [0.05, 0.1) is 12.2 Å². The van der Waals surface area contributed by atoms with Gasteiger partial charge in [0.1, 0.15) is 11.9 Å². The lowest BCUT2D eigenvalue weighted by molar-refractivity contribution is -0.139. The van der Waals surface area contributed by atoms with Crippen molar-refractivity contribution in [2.75, 3.05) is 39.3 Å². The van der Waals surface area contributed by atoms with Crippen molar-refractivity contribution >= 4 is 39.1 Å². The maximum absolute atomic E-state index is 13.9. The molecule has 0 radical (unpaired) electrons. The number of aliphatic imine (C=N–C) groups is 1. The zero-order chi connectivity index (χ0) is 25.1. The smallest absolute Gasteiger partial charge is 0.338 e. The summed E-state index contributed by atoms with van der Waals surface area (Å²) in [6, 6.07) is 3.83. The van der Waals surface area contributed by atoms with Crippen LogP contribution < -0.4 is 10.6 Å². The molecule has 3 aliphatic rings. The standard InChI is InChI=1S/C26H31BrFN5O2S/c1-2-35-25(34)21-20(16-33-12-7-26(8-13-33)5-9-29-10-6-26)31-23(24-30-11-14-36-24)32-22(21)18-4-3-17(28)15-19(18)27/h3-4,11,14-15,22,29H,2,5-10,12-13,16H2,1H3,(H,31,32). The summed E-state index contributed by atoms with van der Waals surface area (Å²) in [6.07, 6.45) is 6.53. The number of hydrogen-bond donors (Lipinski definition) is 2. The number of piperidine rings is 2. The van der Waals surface area contributed by atoms with Gasteiger partial charge in [0.2, 0.25) is 0 Å². The molecule has 3 aliphatic heterocycles. The van der Waals surface area contributed by atoms with E-state index in [1.807, 2.05) is 5.38 Å². The maximum Gasteiger partial charge on any atom is 0.338 e. The summed E-state index contributed by atoms with van der Waals surface area (Å²) in [4.78, 5) is 25.1. The molecule has 2 aromatic rings. The molecule has 1 atom stereocenters. The van der Waals surface area contributed by atoms with Gasteiger partial charge in [0.25, 0.3) is 0 Å². The number of hydrogen-bond acceptors (Lipinski definition) is 8. The van der Waals surface area contributed by atoms with Gasteiger partial charge in [0.15, 0.2) is 10.8 Å². The number of esters is 1. The lowest BCUT2D eigenvalue weighted by Crippen LogP contribution is -2.47. The second-order valence-electron chi connectivity index (χ2n) is 9.65. The Hall–Kier alpha value is -2.14. The Bertz CT molecular complexity index is 1150. The van der Waals surface area contributed by atoms with Crippen LogP contribution in [-0.4, -0.2) is 61.0 Å². The molecule has 0 bridgehead atoms. The van der Waals surface area contributed by atoms with Gasteiger partial charge in [-0.05, 0) is 81.9 Å². The molecule has 0 aliphatic carbocycles. The van der Waals surface area contributed by atoms with Crippen LogP contribution in [0, 0.1) is 11.2 Å². The van der Waals surface area contributed by atoms with Crippen LogP contribution in [0.15, 0.2) is 50.5 Å². The van der Waals surface area contributed by atoms with Crippen molar-refractivity contribution in [2.24, 2.45) is 10.4 Å². The molecule has 36 heavy (non-hydrogen) atoms. The fourth-order valence-electron chi connectivity index (χ4n) is 5.43. The molecule has 192 valence electrons. The molecule has 1 aromatic carbocycles. The van der Waals surface area contributed by atoms with Crippen LogP contribution in [0.2, 0.25) is 0 Å². The number of carbonyl (C=O) groups excluding carboxylic acids is 1. The Morgan fingerprint density at radius 3 is 2.72 bits per heavy atom. The van der Waals surface area contributed by atoms with E-state index in [1.54, 1.807) is 19.2 Å². The van der Waals surface area contributed by atoms with Crippen LogP contribution in [0.4, 0.5) is 4.39 Å². The number of thiazole rings is 1. The van der Waals surface area contributed by atoms with Crippen molar-refractivity contribution in [1.29, 1.82) is 0 Å². The van der Waals surface area contributed by atoms with Crippen molar-refractivity contribution in [1.82, 2.24) is 20.5 Å². The van der Waals surface area contributed by atoms with Gasteiger partial charge in [0, 0.05) is 28.3 Å². The van der Waals surface area contributed by atoms with Crippen LogP contribution in [0.3, 0.4) is 0 Å². The lowest BCUT2D eigenvalue weighted by atomic mass is 9.71. The van der Waals surface area contributed by atoms with Crippen LogP contribution >= 0.6 is 27.3 Å². The van der Waals surface area contributed by atoms with Gasteiger partial charge in [-0.2, -0.15) is 0 Å². The first-order valence-electron chi connectivity index (χ1n) is 12.5. The molecule has 2 N–H and O–H groups in total. The third-order valence-electron chi connectivity index (χ3n) is 7.48. The molecule has 10 heteroatoms. The van der Waals surface area contributed by atoms with Gasteiger partial charge in [-0.15, -0.1) is 11.3 Å². The summed E-state index contributed by atoms with van der Waals surface area (Å²) in [5.74, 6) is -0.151. The molecule has 5 rings (SSSR count). The van der Waals surface area contributed by atoms with Crippen LogP contribution in [-0.2, 0) is 9.53 Å². The van der Waals surface area contributed by atoms with E-state index in [1.165, 1.54) is 36.3 Å². The summed E-state index contributed by atoms with van der Waals surface area (Å²) in [6.45, 7) is 6.80. The normalized spacial score (nSPS) is 22.3. The second kappa shape index (κ2) is 11.1. The SMILES string of the molecule is CCOC(=O)C1=C(CN2CCC3(CCNCC3)CC2)NC(c2nccs2)=NC1c1ccc(F)cc1Br. The molecule has 0 amide bonds. The number of ether oxygens (including phenoxy) is 1. The van der Waals surface area contributed by atoms with Gasteiger partial charge in [-0.1, -0.05) is 22.0 Å². The summed E-state index contributed by atoms with van der Waals surface area (Å²) in [5, 5.41) is 9.55. The van der Waals surface area contributed by atoms with Crippen molar-refractivity contribution in [2.45, 2.75) is 38.6 Å². The maximum atomic E-state index is 13.9. The minimum atomic E-state index is -0.644. The Balaban J connectivity index is 1.49. The van der Waals surface area contributed by atoms with E-state index in [0.29, 0.717) is 33.4 Å². The fraction of sp³-hybridized carbons (Fsp3) is 0.500. The highest BCUT2D eigenvalue weighted by Gasteiger charge is 2.38. The van der Waals surface area contributed by atoms with Crippen LogP contribution in [0.1, 0.15) is 49.2 Å². The summed E-state index contributed by atoms with van der Waals surface area (Å²) >= 11 is 4.97. The van der Waals surface area contributed by atoms with Crippen molar-refractivity contribution < 1.29 is 13.9 Å². The molecular formula is C26H31BrFN5O2S. The summed E-state index contributed by atoms with van der Waals surface area (Å²) in [7, 11) is 0. The van der Waals surface area contributed by atoms with Crippen molar-refractivity contribution in [3.63, 3.8) is 0 Å². The van der Waals surface area contributed by atoms with E-state index in [4.69, 9.17) is 9.73 Å². The van der Waals surface area contributed by atoms with Crippen molar-refractivity contribution in [3.8, 4) is 0 Å². The predicted octanol–water partition coefficient (Wildman–Crippen LogP) is 4.42. The highest BCUT2D eigenvalue weighted by atomic mass is 79.9. The average molecular weight is 577 g/mol. The first kappa shape index (κ1) is 25.5. The summed E-state index contributed by atoms with van der Waals surface area (Å²) < 4.78 is 20.0. The second-order valence-corrected chi connectivity index (χ2v) is 11.4. The molecule has 1 spiro atoms. The Morgan fingerprint density at radius 2 is 2.06 bits per heavy atom. The number of nitrogens with zero attached hydrogens (tertiary/aromatic N) is 3.